The molecule has 1 fully saturated rings. The summed E-state index contributed by atoms with van der Waals surface area (Å²) in [5, 5.41) is 10.0. The smallest absolute Gasteiger partial charge is 0.191 e. The van der Waals surface area contributed by atoms with Gasteiger partial charge in [-0.3, -0.25) is 4.99 Å². The van der Waals surface area contributed by atoms with Gasteiger partial charge in [-0.1, -0.05) is 20.8 Å². The van der Waals surface area contributed by atoms with E-state index in [0.717, 1.165) is 36.4 Å². The van der Waals surface area contributed by atoms with Crippen LogP contribution in [0.25, 0.3) is 0 Å². The number of rotatable bonds is 7. The molecule has 1 aromatic rings. The van der Waals surface area contributed by atoms with Crippen LogP contribution in [-0.2, 0) is 6.54 Å². The molecule has 0 atom stereocenters. The standard InChI is InChI=1S/C18H33N5S/c1-14(2)16-13-24-17(22-16)12-21-18(19-4)20-8-5-9-23-10-6-15(3)7-11-23/h13-15H,5-12H2,1-4H3,(H2,19,20,21). The number of aromatic nitrogens is 1. The number of hydrogen-bond donors (Lipinski definition) is 2. The molecule has 2 N–H and O–H groups in total. The molecular weight excluding hydrogens is 318 g/mol. The molecule has 0 radical (unpaired) electrons. The van der Waals surface area contributed by atoms with Gasteiger partial charge in [0.15, 0.2) is 5.96 Å². The monoisotopic (exact) mass is 351 g/mol. The summed E-state index contributed by atoms with van der Waals surface area (Å²) in [6.07, 6.45) is 3.86. The van der Waals surface area contributed by atoms with Gasteiger partial charge in [0, 0.05) is 19.0 Å². The van der Waals surface area contributed by atoms with Crippen LogP contribution in [-0.4, -0.2) is 49.1 Å². The Kier molecular flexibility index (Phi) is 7.99. The normalized spacial score (nSPS) is 17.5. The van der Waals surface area contributed by atoms with E-state index < -0.39 is 0 Å². The number of guanidine groups is 1. The van der Waals surface area contributed by atoms with Crippen LogP contribution in [0.1, 0.15) is 56.7 Å². The predicted octanol–water partition coefficient (Wildman–Crippen LogP) is 3.05. The first-order valence-corrected chi connectivity index (χ1v) is 10.1. The molecular formula is C18H33N5S. The van der Waals surface area contributed by atoms with E-state index in [9.17, 15) is 0 Å². The maximum atomic E-state index is 4.65. The van der Waals surface area contributed by atoms with E-state index in [2.05, 4.69) is 51.7 Å². The summed E-state index contributed by atoms with van der Waals surface area (Å²) in [6, 6.07) is 0. The summed E-state index contributed by atoms with van der Waals surface area (Å²) in [7, 11) is 1.82. The number of thiazole rings is 1. The van der Waals surface area contributed by atoms with E-state index in [1.165, 1.54) is 38.2 Å². The molecule has 0 bridgehead atoms. The van der Waals surface area contributed by atoms with Gasteiger partial charge in [-0.2, -0.15) is 0 Å². The summed E-state index contributed by atoms with van der Waals surface area (Å²) in [6.45, 7) is 12.1. The Morgan fingerprint density at radius 1 is 1.38 bits per heavy atom. The fourth-order valence-electron chi connectivity index (χ4n) is 2.85. The lowest BCUT2D eigenvalue weighted by Crippen LogP contribution is -2.39. The Hall–Kier alpha value is -1.14. The molecule has 0 unspecified atom stereocenters. The molecule has 1 saturated heterocycles. The second-order valence-corrected chi connectivity index (χ2v) is 7.99. The van der Waals surface area contributed by atoms with E-state index in [0.29, 0.717) is 5.92 Å². The van der Waals surface area contributed by atoms with Crippen LogP contribution in [0.15, 0.2) is 10.4 Å². The Morgan fingerprint density at radius 2 is 2.12 bits per heavy atom. The predicted molar refractivity (Wildman–Crippen MR) is 104 cm³/mol. The highest BCUT2D eigenvalue weighted by Gasteiger charge is 2.14. The average molecular weight is 352 g/mol. The van der Waals surface area contributed by atoms with Crippen molar-refractivity contribution in [2.24, 2.45) is 10.9 Å². The largest absolute Gasteiger partial charge is 0.356 e. The van der Waals surface area contributed by atoms with Crippen molar-refractivity contribution in [3.8, 4) is 0 Å². The van der Waals surface area contributed by atoms with Gasteiger partial charge in [0.25, 0.3) is 0 Å². The van der Waals surface area contributed by atoms with Crippen LogP contribution < -0.4 is 10.6 Å². The maximum absolute atomic E-state index is 4.65. The molecule has 0 amide bonds. The van der Waals surface area contributed by atoms with Crippen molar-refractivity contribution in [3.05, 3.63) is 16.1 Å². The van der Waals surface area contributed by atoms with Crippen molar-refractivity contribution in [3.63, 3.8) is 0 Å². The van der Waals surface area contributed by atoms with Crippen LogP contribution in [0.4, 0.5) is 0 Å². The highest BCUT2D eigenvalue weighted by Crippen LogP contribution is 2.17. The zero-order valence-electron chi connectivity index (χ0n) is 15.6. The van der Waals surface area contributed by atoms with Gasteiger partial charge < -0.3 is 15.5 Å². The lowest BCUT2D eigenvalue weighted by atomic mass is 9.99. The van der Waals surface area contributed by atoms with Crippen molar-refractivity contribution in [2.45, 2.75) is 52.5 Å². The highest BCUT2D eigenvalue weighted by molar-refractivity contribution is 7.09. The number of piperidine rings is 1. The fraction of sp³-hybridized carbons (Fsp3) is 0.778. The van der Waals surface area contributed by atoms with Crippen molar-refractivity contribution >= 4 is 17.3 Å². The minimum Gasteiger partial charge on any atom is -0.356 e. The number of aliphatic imine (C=N–C) groups is 1. The van der Waals surface area contributed by atoms with Crippen molar-refractivity contribution in [2.75, 3.05) is 33.2 Å². The van der Waals surface area contributed by atoms with E-state index in [4.69, 9.17) is 0 Å². The van der Waals surface area contributed by atoms with Gasteiger partial charge in [0.1, 0.15) is 5.01 Å². The number of likely N-dealkylation sites (tertiary alicyclic amines) is 1. The molecule has 0 aromatic carbocycles. The Bertz CT molecular complexity index is 503. The SMILES string of the molecule is CN=C(NCCCN1CCC(C)CC1)NCc1nc(C(C)C)cs1. The summed E-state index contributed by atoms with van der Waals surface area (Å²) in [5.41, 5.74) is 1.18. The Morgan fingerprint density at radius 3 is 2.75 bits per heavy atom. The third-order valence-electron chi connectivity index (χ3n) is 4.61. The number of nitrogens with zero attached hydrogens (tertiary/aromatic N) is 3. The number of nitrogens with one attached hydrogen (secondary N) is 2. The molecule has 0 saturated carbocycles. The minimum absolute atomic E-state index is 0.491. The second kappa shape index (κ2) is 9.99. The molecule has 136 valence electrons. The van der Waals surface area contributed by atoms with E-state index in [-0.39, 0.29) is 0 Å². The van der Waals surface area contributed by atoms with Gasteiger partial charge in [-0.05, 0) is 50.7 Å². The molecule has 1 aliphatic rings. The third kappa shape index (κ3) is 6.40. The average Bonchev–Trinajstić information content (AvgIpc) is 3.05. The molecule has 1 aliphatic heterocycles. The van der Waals surface area contributed by atoms with E-state index in [1.807, 2.05) is 7.05 Å². The summed E-state index contributed by atoms with van der Waals surface area (Å²) in [4.78, 5) is 11.5. The molecule has 2 heterocycles. The topological polar surface area (TPSA) is 52.6 Å². The Balaban J connectivity index is 1.61. The van der Waals surface area contributed by atoms with Gasteiger partial charge >= 0.3 is 0 Å². The summed E-state index contributed by atoms with van der Waals surface area (Å²) >= 11 is 1.71. The van der Waals surface area contributed by atoms with E-state index >= 15 is 0 Å². The van der Waals surface area contributed by atoms with Gasteiger partial charge in [0.2, 0.25) is 0 Å². The molecule has 24 heavy (non-hydrogen) atoms. The van der Waals surface area contributed by atoms with Crippen molar-refractivity contribution in [1.29, 1.82) is 0 Å². The molecule has 5 nitrogen and oxygen atoms in total. The molecule has 2 rings (SSSR count). The first-order chi connectivity index (χ1) is 11.6. The van der Waals surface area contributed by atoms with E-state index in [1.54, 1.807) is 11.3 Å². The van der Waals surface area contributed by atoms with Gasteiger partial charge in [-0.15, -0.1) is 11.3 Å². The molecule has 0 aliphatic carbocycles. The van der Waals surface area contributed by atoms with Gasteiger partial charge in [0.05, 0.1) is 12.2 Å². The molecule has 6 heteroatoms. The fourth-order valence-corrected chi connectivity index (χ4v) is 3.74. The Labute approximate surface area is 151 Å². The third-order valence-corrected chi connectivity index (χ3v) is 5.48. The van der Waals surface area contributed by atoms with Crippen LogP contribution >= 0.6 is 11.3 Å². The van der Waals surface area contributed by atoms with Crippen LogP contribution in [0.2, 0.25) is 0 Å². The molecule has 1 aromatic heterocycles. The summed E-state index contributed by atoms with van der Waals surface area (Å²) in [5.74, 6) is 2.26. The lowest BCUT2D eigenvalue weighted by molar-refractivity contribution is 0.191. The maximum Gasteiger partial charge on any atom is 0.191 e. The van der Waals surface area contributed by atoms with Crippen molar-refractivity contribution in [1.82, 2.24) is 20.5 Å². The zero-order chi connectivity index (χ0) is 17.4. The zero-order valence-corrected chi connectivity index (χ0v) is 16.5. The quantitative estimate of drug-likeness (QED) is 0.450. The van der Waals surface area contributed by atoms with Crippen LogP contribution in [0, 0.1) is 5.92 Å². The first-order valence-electron chi connectivity index (χ1n) is 9.19. The number of hydrogen-bond acceptors (Lipinski definition) is 4. The molecule has 0 spiro atoms. The first kappa shape index (κ1) is 19.2. The highest BCUT2D eigenvalue weighted by atomic mass is 32.1. The lowest BCUT2D eigenvalue weighted by Gasteiger charge is -2.30. The summed E-state index contributed by atoms with van der Waals surface area (Å²) < 4.78 is 0. The minimum atomic E-state index is 0.491. The van der Waals surface area contributed by atoms with Crippen LogP contribution in [0.5, 0.6) is 0 Å². The van der Waals surface area contributed by atoms with Gasteiger partial charge in [-0.25, -0.2) is 4.98 Å². The van der Waals surface area contributed by atoms with Crippen LogP contribution in [0.3, 0.4) is 0 Å². The second-order valence-electron chi connectivity index (χ2n) is 7.05. The van der Waals surface area contributed by atoms with Crippen molar-refractivity contribution < 1.29 is 0 Å².